The number of anilines is 2. The predicted octanol–water partition coefficient (Wildman–Crippen LogP) is 1.37. The van der Waals surface area contributed by atoms with Crippen molar-refractivity contribution < 1.29 is 13.9 Å². The quantitative estimate of drug-likeness (QED) is 0.751. The van der Waals surface area contributed by atoms with E-state index in [9.17, 15) is 8.78 Å². The Balaban J connectivity index is 2.28. The first kappa shape index (κ1) is 11.1. The summed E-state index contributed by atoms with van der Waals surface area (Å²) in [5.41, 5.74) is 5.39. The van der Waals surface area contributed by atoms with Crippen LogP contribution in [-0.4, -0.2) is 24.8 Å². The van der Waals surface area contributed by atoms with Gasteiger partial charge in [-0.05, 0) is 18.6 Å². The summed E-state index contributed by atoms with van der Waals surface area (Å²) in [5.74, 6) is -1.19. The average molecular weight is 228 g/mol. The zero-order valence-electron chi connectivity index (χ0n) is 8.79. The summed E-state index contributed by atoms with van der Waals surface area (Å²) in [6.45, 7) is 1.09. The Morgan fingerprint density at radius 3 is 2.50 bits per heavy atom. The molecule has 3 N–H and O–H groups in total. The number of hydrogen-bond donors (Lipinski definition) is 2. The first-order valence-corrected chi connectivity index (χ1v) is 5.22. The van der Waals surface area contributed by atoms with E-state index in [1.54, 1.807) is 4.90 Å². The van der Waals surface area contributed by atoms with Crippen LogP contribution in [-0.2, 0) is 0 Å². The van der Waals surface area contributed by atoms with Gasteiger partial charge in [-0.25, -0.2) is 8.78 Å². The lowest BCUT2D eigenvalue weighted by atomic mass is 10.1. The third-order valence-electron chi connectivity index (χ3n) is 2.90. The van der Waals surface area contributed by atoms with Crippen LogP contribution >= 0.6 is 0 Å². The van der Waals surface area contributed by atoms with Crippen molar-refractivity contribution in [2.24, 2.45) is 5.92 Å². The van der Waals surface area contributed by atoms with E-state index in [0.29, 0.717) is 13.1 Å². The predicted molar refractivity (Wildman–Crippen MR) is 58.2 cm³/mol. The van der Waals surface area contributed by atoms with Crippen molar-refractivity contribution in [1.29, 1.82) is 0 Å². The Morgan fingerprint density at radius 1 is 1.38 bits per heavy atom. The molecule has 5 heteroatoms. The summed E-state index contributed by atoms with van der Waals surface area (Å²) in [6, 6.07) is 2.23. The molecule has 0 radical (unpaired) electrons. The van der Waals surface area contributed by atoms with Crippen molar-refractivity contribution in [2.45, 2.75) is 6.42 Å². The molecule has 1 aliphatic heterocycles. The second-order valence-corrected chi connectivity index (χ2v) is 4.12. The molecule has 1 heterocycles. The lowest BCUT2D eigenvalue weighted by Gasteiger charge is -2.20. The van der Waals surface area contributed by atoms with Gasteiger partial charge in [0.2, 0.25) is 0 Å². The number of halogens is 2. The number of nitrogens with zero attached hydrogens (tertiary/aromatic N) is 1. The van der Waals surface area contributed by atoms with E-state index in [-0.39, 0.29) is 23.9 Å². The van der Waals surface area contributed by atoms with Crippen LogP contribution in [0.5, 0.6) is 0 Å². The Labute approximate surface area is 92.5 Å². The number of rotatable bonds is 2. The summed E-state index contributed by atoms with van der Waals surface area (Å²) < 4.78 is 27.1. The molecular formula is C11H14F2N2O. The Morgan fingerprint density at radius 2 is 2.00 bits per heavy atom. The highest BCUT2D eigenvalue weighted by atomic mass is 19.1. The molecular weight excluding hydrogens is 214 g/mol. The third kappa shape index (κ3) is 1.95. The summed E-state index contributed by atoms with van der Waals surface area (Å²) in [5, 5.41) is 8.98. The van der Waals surface area contributed by atoms with Gasteiger partial charge in [0.1, 0.15) is 5.69 Å². The van der Waals surface area contributed by atoms with Crippen molar-refractivity contribution in [3.8, 4) is 0 Å². The molecule has 1 aliphatic rings. The maximum absolute atomic E-state index is 13.6. The maximum atomic E-state index is 13.6. The number of benzene rings is 1. The second-order valence-electron chi connectivity index (χ2n) is 4.12. The summed E-state index contributed by atoms with van der Waals surface area (Å²) in [4.78, 5) is 1.62. The topological polar surface area (TPSA) is 49.5 Å². The largest absolute Gasteiger partial charge is 0.399 e. The molecule has 1 fully saturated rings. The smallest absolute Gasteiger partial charge is 0.151 e. The van der Waals surface area contributed by atoms with Gasteiger partial charge in [-0.15, -0.1) is 0 Å². The fraction of sp³-hybridized carbons (Fsp3) is 0.455. The van der Waals surface area contributed by atoms with Crippen molar-refractivity contribution >= 4 is 11.4 Å². The van der Waals surface area contributed by atoms with Crippen molar-refractivity contribution in [3.05, 3.63) is 23.8 Å². The van der Waals surface area contributed by atoms with Crippen LogP contribution in [0.25, 0.3) is 0 Å². The van der Waals surface area contributed by atoms with Gasteiger partial charge in [0.25, 0.3) is 0 Å². The zero-order valence-corrected chi connectivity index (χ0v) is 8.79. The van der Waals surface area contributed by atoms with E-state index in [1.165, 1.54) is 0 Å². The van der Waals surface area contributed by atoms with Crippen LogP contribution in [0, 0.1) is 17.6 Å². The van der Waals surface area contributed by atoms with Crippen LogP contribution in [0.1, 0.15) is 6.42 Å². The molecule has 1 aromatic rings. The van der Waals surface area contributed by atoms with Gasteiger partial charge >= 0.3 is 0 Å². The number of nitrogen functional groups attached to an aromatic ring is 1. The van der Waals surface area contributed by atoms with Gasteiger partial charge in [0.05, 0.1) is 0 Å². The number of hydrogen-bond acceptors (Lipinski definition) is 3. The molecule has 1 aromatic carbocycles. The molecule has 1 atom stereocenters. The van der Waals surface area contributed by atoms with Gasteiger partial charge in [0, 0.05) is 31.3 Å². The first-order valence-electron chi connectivity index (χ1n) is 5.22. The molecule has 0 bridgehead atoms. The summed E-state index contributed by atoms with van der Waals surface area (Å²) >= 11 is 0. The van der Waals surface area contributed by atoms with Crippen LogP contribution in [0.4, 0.5) is 20.2 Å². The SMILES string of the molecule is Nc1cc(F)c(N2CCC(CO)C2)c(F)c1. The summed E-state index contributed by atoms with van der Waals surface area (Å²) in [7, 11) is 0. The second kappa shape index (κ2) is 4.25. The third-order valence-corrected chi connectivity index (χ3v) is 2.90. The standard InChI is InChI=1S/C11H14F2N2O/c12-9-3-8(14)4-10(13)11(9)15-2-1-7(5-15)6-16/h3-4,7,16H,1-2,5-6,14H2. The van der Waals surface area contributed by atoms with E-state index in [0.717, 1.165) is 18.6 Å². The first-order chi connectivity index (χ1) is 7.61. The van der Waals surface area contributed by atoms with E-state index >= 15 is 0 Å². The highest BCUT2D eigenvalue weighted by Gasteiger charge is 2.26. The number of aliphatic hydroxyl groups excluding tert-OH is 1. The Hall–Kier alpha value is -1.36. The summed E-state index contributed by atoms with van der Waals surface area (Å²) in [6.07, 6.45) is 0.750. The van der Waals surface area contributed by atoms with Crippen molar-refractivity contribution in [2.75, 3.05) is 30.3 Å². The molecule has 0 saturated carbocycles. The fourth-order valence-corrected chi connectivity index (χ4v) is 2.07. The van der Waals surface area contributed by atoms with Crippen LogP contribution in [0.15, 0.2) is 12.1 Å². The van der Waals surface area contributed by atoms with Gasteiger partial charge < -0.3 is 15.7 Å². The minimum absolute atomic E-state index is 0.0369. The molecule has 0 spiro atoms. The molecule has 1 saturated heterocycles. The normalized spacial score (nSPS) is 20.4. The molecule has 0 aromatic heterocycles. The molecule has 88 valence electrons. The van der Waals surface area contributed by atoms with E-state index < -0.39 is 11.6 Å². The van der Waals surface area contributed by atoms with E-state index in [4.69, 9.17) is 10.8 Å². The molecule has 0 aliphatic carbocycles. The number of nitrogens with two attached hydrogens (primary N) is 1. The fourth-order valence-electron chi connectivity index (χ4n) is 2.07. The average Bonchev–Trinajstić information content (AvgIpc) is 2.64. The van der Waals surface area contributed by atoms with Gasteiger partial charge in [-0.1, -0.05) is 0 Å². The monoisotopic (exact) mass is 228 g/mol. The van der Waals surface area contributed by atoms with Crippen LogP contribution in [0.3, 0.4) is 0 Å². The van der Waals surface area contributed by atoms with Crippen LogP contribution in [0.2, 0.25) is 0 Å². The van der Waals surface area contributed by atoms with Gasteiger partial charge in [-0.2, -0.15) is 0 Å². The lowest BCUT2D eigenvalue weighted by molar-refractivity contribution is 0.238. The molecule has 2 rings (SSSR count). The zero-order chi connectivity index (χ0) is 11.7. The van der Waals surface area contributed by atoms with E-state index in [2.05, 4.69) is 0 Å². The molecule has 16 heavy (non-hydrogen) atoms. The van der Waals surface area contributed by atoms with Crippen molar-refractivity contribution in [3.63, 3.8) is 0 Å². The van der Waals surface area contributed by atoms with Gasteiger partial charge in [-0.3, -0.25) is 0 Å². The van der Waals surface area contributed by atoms with Crippen LogP contribution < -0.4 is 10.6 Å². The van der Waals surface area contributed by atoms with Gasteiger partial charge in [0.15, 0.2) is 11.6 Å². The maximum Gasteiger partial charge on any atom is 0.151 e. The van der Waals surface area contributed by atoms with Crippen molar-refractivity contribution in [1.82, 2.24) is 0 Å². The molecule has 0 amide bonds. The van der Waals surface area contributed by atoms with E-state index in [1.807, 2.05) is 0 Å². The Kier molecular flexibility index (Phi) is 2.96. The lowest BCUT2D eigenvalue weighted by Crippen LogP contribution is -2.23. The number of aliphatic hydroxyl groups is 1. The highest BCUT2D eigenvalue weighted by Crippen LogP contribution is 2.30. The minimum atomic E-state index is -0.643. The molecule has 3 nitrogen and oxygen atoms in total. The Bertz CT molecular complexity index is 375. The highest BCUT2D eigenvalue weighted by molar-refractivity contribution is 5.56. The molecule has 1 unspecified atom stereocenters. The minimum Gasteiger partial charge on any atom is -0.399 e.